The molecule has 13 heavy (non-hydrogen) atoms. The molecule has 1 rings (SSSR count). The molecule has 1 fully saturated rings. The van der Waals surface area contributed by atoms with Crippen molar-refractivity contribution < 1.29 is 0 Å². The van der Waals surface area contributed by atoms with Crippen LogP contribution in [0.5, 0.6) is 0 Å². The molecule has 0 spiro atoms. The van der Waals surface area contributed by atoms with Crippen LogP contribution < -0.4 is 11.1 Å². The van der Waals surface area contributed by atoms with E-state index in [0.29, 0.717) is 6.04 Å². The molecule has 0 aliphatic heterocycles. The summed E-state index contributed by atoms with van der Waals surface area (Å²) >= 11 is 1.94. The van der Waals surface area contributed by atoms with Gasteiger partial charge in [0, 0.05) is 12.1 Å². The van der Waals surface area contributed by atoms with E-state index < -0.39 is 0 Å². The summed E-state index contributed by atoms with van der Waals surface area (Å²) in [7, 11) is 0. The molecule has 0 aromatic heterocycles. The maximum absolute atomic E-state index is 5.70. The first kappa shape index (κ1) is 11.3. The van der Waals surface area contributed by atoms with Crippen LogP contribution in [0.25, 0.3) is 0 Å². The van der Waals surface area contributed by atoms with E-state index in [-0.39, 0.29) is 0 Å². The monoisotopic (exact) mass is 202 g/mol. The van der Waals surface area contributed by atoms with Gasteiger partial charge in [0.1, 0.15) is 0 Å². The van der Waals surface area contributed by atoms with Crippen LogP contribution in [0.4, 0.5) is 0 Å². The first-order valence-electron chi connectivity index (χ1n) is 5.31. The van der Waals surface area contributed by atoms with E-state index in [1.54, 1.807) is 0 Å². The van der Waals surface area contributed by atoms with Crippen LogP contribution >= 0.6 is 11.8 Å². The summed E-state index contributed by atoms with van der Waals surface area (Å²) < 4.78 is 0. The molecule has 2 nitrogen and oxygen atoms in total. The Bertz CT molecular complexity index is 124. The van der Waals surface area contributed by atoms with E-state index in [4.69, 9.17) is 5.73 Å². The van der Waals surface area contributed by atoms with Gasteiger partial charge in [0.2, 0.25) is 0 Å². The predicted octanol–water partition coefficient (Wildman–Crippen LogP) is 1.60. The largest absolute Gasteiger partial charge is 0.328 e. The molecule has 0 saturated heterocycles. The fraction of sp³-hybridized carbons (Fsp3) is 1.00. The van der Waals surface area contributed by atoms with Gasteiger partial charge in [-0.2, -0.15) is 11.8 Å². The van der Waals surface area contributed by atoms with Gasteiger partial charge in [0.15, 0.2) is 0 Å². The number of thioether (sulfide) groups is 1. The summed E-state index contributed by atoms with van der Waals surface area (Å²) in [5.41, 5.74) is 5.70. The minimum absolute atomic E-state index is 0.481. The molecule has 0 unspecified atom stereocenters. The maximum atomic E-state index is 5.70. The van der Waals surface area contributed by atoms with Crippen molar-refractivity contribution >= 4 is 11.8 Å². The highest BCUT2D eigenvalue weighted by atomic mass is 32.2. The van der Waals surface area contributed by atoms with Crippen LogP contribution in [0.1, 0.15) is 32.1 Å². The lowest BCUT2D eigenvalue weighted by atomic mass is 9.87. The maximum Gasteiger partial charge on any atom is 0.00965 e. The molecule has 0 aromatic rings. The third-order valence-electron chi connectivity index (χ3n) is 2.63. The average molecular weight is 202 g/mol. The topological polar surface area (TPSA) is 38.0 Å². The molecule has 1 aliphatic carbocycles. The van der Waals surface area contributed by atoms with Gasteiger partial charge in [0.05, 0.1) is 0 Å². The lowest BCUT2D eigenvalue weighted by Crippen LogP contribution is -2.48. The molecule has 1 aliphatic rings. The van der Waals surface area contributed by atoms with Crippen LogP contribution in [0.3, 0.4) is 0 Å². The molecule has 0 radical (unpaired) electrons. The summed E-state index contributed by atoms with van der Waals surface area (Å²) in [6, 6.07) is 1.21. The van der Waals surface area contributed by atoms with Crippen molar-refractivity contribution in [2.24, 2.45) is 5.73 Å². The first-order chi connectivity index (χ1) is 6.33. The number of rotatable bonds is 7. The van der Waals surface area contributed by atoms with Crippen molar-refractivity contribution in [3.8, 4) is 0 Å². The second-order valence-corrected chi connectivity index (χ2v) is 4.92. The Morgan fingerprint density at radius 2 is 2.08 bits per heavy atom. The zero-order chi connectivity index (χ0) is 9.52. The Hall–Kier alpha value is 0.270. The van der Waals surface area contributed by atoms with E-state index in [1.807, 2.05) is 11.8 Å². The number of hydrogen-bond donors (Lipinski definition) is 2. The summed E-state index contributed by atoms with van der Waals surface area (Å²) in [5, 5.41) is 3.54. The molecular weight excluding hydrogens is 180 g/mol. The van der Waals surface area contributed by atoms with Gasteiger partial charge in [-0.25, -0.2) is 0 Å². The van der Waals surface area contributed by atoms with Crippen LogP contribution in [-0.4, -0.2) is 30.6 Å². The molecule has 0 bridgehead atoms. The summed E-state index contributed by atoms with van der Waals surface area (Å²) in [6.07, 6.45) is 8.61. The molecule has 0 atom stereocenters. The number of nitrogens with one attached hydrogen (secondary N) is 1. The SMILES string of the molecule is CSCCCCCNC1CC(N)C1. The van der Waals surface area contributed by atoms with E-state index in [9.17, 15) is 0 Å². The fourth-order valence-electron chi connectivity index (χ4n) is 1.68. The van der Waals surface area contributed by atoms with Crippen molar-refractivity contribution in [2.75, 3.05) is 18.6 Å². The van der Waals surface area contributed by atoms with Gasteiger partial charge in [-0.3, -0.25) is 0 Å². The molecule has 3 N–H and O–H groups in total. The van der Waals surface area contributed by atoms with Crippen molar-refractivity contribution in [1.29, 1.82) is 0 Å². The van der Waals surface area contributed by atoms with Gasteiger partial charge < -0.3 is 11.1 Å². The zero-order valence-corrected chi connectivity index (χ0v) is 9.41. The standard InChI is InChI=1S/C10H22N2S/c1-13-6-4-2-3-5-12-10-7-9(11)8-10/h9-10,12H,2-8,11H2,1H3. The molecule has 0 heterocycles. The first-order valence-corrected chi connectivity index (χ1v) is 6.70. The van der Waals surface area contributed by atoms with Gasteiger partial charge in [-0.1, -0.05) is 6.42 Å². The quantitative estimate of drug-likeness (QED) is 0.616. The van der Waals surface area contributed by atoms with Crippen LogP contribution in [-0.2, 0) is 0 Å². The minimum Gasteiger partial charge on any atom is -0.328 e. The third kappa shape index (κ3) is 4.89. The minimum atomic E-state index is 0.481. The molecular formula is C10H22N2S. The van der Waals surface area contributed by atoms with Crippen LogP contribution in [0.15, 0.2) is 0 Å². The third-order valence-corrected chi connectivity index (χ3v) is 3.33. The van der Waals surface area contributed by atoms with Crippen molar-refractivity contribution in [2.45, 2.75) is 44.2 Å². The Kier molecular flexibility index (Phi) is 5.83. The van der Waals surface area contributed by atoms with E-state index in [1.165, 1.54) is 44.4 Å². The Morgan fingerprint density at radius 1 is 1.31 bits per heavy atom. The van der Waals surface area contributed by atoms with Crippen LogP contribution in [0, 0.1) is 0 Å². The van der Waals surface area contributed by atoms with Crippen molar-refractivity contribution in [3.05, 3.63) is 0 Å². The van der Waals surface area contributed by atoms with Gasteiger partial charge in [-0.15, -0.1) is 0 Å². The highest BCUT2D eigenvalue weighted by molar-refractivity contribution is 7.98. The smallest absolute Gasteiger partial charge is 0.00965 e. The van der Waals surface area contributed by atoms with E-state index in [2.05, 4.69) is 11.6 Å². The number of nitrogens with two attached hydrogens (primary N) is 1. The molecule has 0 aromatic carbocycles. The Morgan fingerprint density at radius 3 is 2.69 bits per heavy atom. The second kappa shape index (κ2) is 6.68. The number of hydrogen-bond acceptors (Lipinski definition) is 3. The van der Waals surface area contributed by atoms with Gasteiger partial charge in [0.25, 0.3) is 0 Å². The summed E-state index contributed by atoms with van der Waals surface area (Å²) in [6.45, 7) is 1.19. The Labute approximate surface area is 86.0 Å². The van der Waals surface area contributed by atoms with Crippen molar-refractivity contribution in [3.63, 3.8) is 0 Å². The Balaban J connectivity index is 1.74. The summed E-state index contributed by atoms with van der Waals surface area (Å²) in [4.78, 5) is 0. The highest BCUT2D eigenvalue weighted by Crippen LogP contribution is 2.17. The molecule has 1 saturated carbocycles. The summed E-state index contributed by atoms with van der Waals surface area (Å²) in [5.74, 6) is 1.31. The van der Waals surface area contributed by atoms with E-state index in [0.717, 1.165) is 6.04 Å². The zero-order valence-electron chi connectivity index (χ0n) is 8.59. The highest BCUT2D eigenvalue weighted by Gasteiger charge is 2.24. The lowest BCUT2D eigenvalue weighted by molar-refractivity contribution is 0.291. The second-order valence-electron chi connectivity index (χ2n) is 3.94. The average Bonchev–Trinajstić information content (AvgIpc) is 2.07. The number of unbranched alkanes of at least 4 members (excludes halogenated alkanes) is 2. The lowest BCUT2D eigenvalue weighted by Gasteiger charge is -2.33. The van der Waals surface area contributed by atoms with E-state index >= 15 is 0 Å². The molecule has 78 valence electrons. The van der Waals surface area contributed by atoms with Gasteiger partial charge >= 0.3 is 0 Å². The van der Waals surface area contributed by atoms with Crippen molar-refractivity contribution in [1.82, 2.24) is 5.32 Å². The molecule has 3 heteroatoms. The fourth-order valence-corrected chi connectivity index (χ4v) is 2.18. The van der Waals surface area contributed by atoms with Crippen LogP contribution in [0.2, 0.25) is 0 Å². The van der Waals surface area contributed by atoms with Gasteiger partial charge in [-0.05, 0) is 44.2 Å². The normalized spacial score (nSPS) is 27.2. The predicted molar refractivity (Wildman–Crippen MR) is 61.2 cm³/mol. The molecule has 0 amide bonds.